The molecule has 0 bridgehead atoms. The summed E-state index contributed by atoms with van der Waals surface area (Å²) >= 11 is 0. The number of aromatic nitrogens is 1. The SMILES string of the molecule is CC1(C)c2ccccc2-c2cc3c4ccccc4n(C4=C(C#N)C(c5ccc(-c6ccccc6C(F)(F)F)cc5)C(C5C6=C(C7=C5CC5C(=C7)C7C=CC=CC7C5(C)C)C5CC5C=C6)C(C#N)=C4)c3cc21. The highest BCUT2D eigenvalue weighted by Gasteiger charge is 2.57. The third kappa shape index (κ3) is 5.77. The van der Waals surface area contributed by atoms with Crippen molar-refractivity contribution in [3.63, 3.8) is 0 Å². The Bertz CT molecular complexity index is 3760. The number of alkyl halides is 3. The third-order valence-corrected chi connectivity index (χ3v) is 18.4. The van der Waals surface area contributed by atoms with Crippen molar-refractivity contribution in [3.8, 4) is 34.4 Å². The van der Waals surface area contributed by atoms with Gasteiger partial charge in [-0.05, 0) is 128 Å². The van der Waals surface area contributed by atoms with E-state index in [-0.39, 0.29) is 22.3 Å². The topological polar surface area (TPSA) is 52.5 Å². The fraction of sp³-hybridized carbons (Fsp3) is 0.262. The molecule has 8 unspecified atom stereocenters. The van der Waals surface area contributed by atoms with E-state index in [1.807, 2.05) is 24.3 Å². The molecule has 346 valence electrons. The minimum atomic E-state index is -4.54. The Morgan fingerprint density at radius 2 is 1.45 bits per heavy atom. The molecule has 0 radical (unpaired) electrons. The molecule has 8 aliphatic carbocycles. The van der Waals surface area contributed by atoms with E-state index in [4.69, 9.17) is 0 Å². The standard InChI is InChI=1S/C65H50F3N3/c1-63(2)51-17-9-7-15-41(51)46-30-48-49(31-54(46)63)62(43-26-25-37-27-44(37)61(43)48)60-38(33-69)28-57(50(34-70)59(60)36-23-21-35(22-24-36)39-13-5-11-19-53(39)65(66,67)68)71-56-20-12-8-16-42(56)47-29-45-40-14-6-10-18-52(40)64(3,4)55(45)32-58(47)71/h5-26,28-30,32,37,41,44,51,54,59-60,62H,27,31H2,1-4H3. The summed E-state index contributed by atoms with van der Waals surface area (Å²) in [5.41, 5.74) is 15.9. The van der Waals surface area contributed by atoms with E-state index >= 15 is 0 Å². The Labute approximate surface area is 412 Å². The highest BCUT2D eigenvalue weighted by atomic mass is 19.4. The Balaban J connectivity index is 1.01. The van der Waals surface area contributed by atoms with E-state index in [0.29, 0.717) is 52.0 Å². The van der Waals surface area contributed by atoms with E-state index in [9.17, 15) is 23.7 Å². The molecule has 0 amide bonds. The van der Waals surface area contributed by atoms with Gasteiger partial charge in [0.2, 0.25) is 0 Å². The lowest BCUT2D eigenvalue weighted by Gasteiger charge is -2.40. The van der Waals surface area contributed by atoms with Gasteiger partial charge in [-0.1, -0.05) is 166 Å². The molecule has 5 aromatic carbocycles. The van der Waals surface area contributed by atoms with Crippen LogP contribution in [-0.2, 0) is 11.6 Å². The average Bonchev–Trinajstić information content (AvgIpc) is 3.86. The molecule has 0 aliphatic heterocycles. The van der Waals surface area contributed by atoms with Gasteiger partial charge in [0.25, 0.3) is 0 Å². The van der Waals surface area contributed by atoms with E-state index in [2.05, 4.69) is 142 Å². The van der Waals surface area contributed by atoms with Gasteiger partial charge in [0.1, 0.15) is 0 Å². The van der Waals surface area contributed by atoms with Crippen molar-refractivity contribution < 1.29 is 13.2 Å². The molecule has 0 saturated heterocycles. The van der Waals surface area contributed by atoms with Crippen molar-refractivity contribution in [2.75, 3.05) is 0 Å². The molecule has 6 heteroatoms. The molecule has 1 heterocycles. The molecule has 8 aliphatic rings. The van der Waals surface area contributed by atoms with Gasteiger partial charge in [0, 0.05) is 45.4 Å². The molecule has 0 spiro atoms. The zero-order valence-corrected chi connectivity index (χ0v) is 40.0. The van der Waals surface area contributed by atoms with Gasteiger partial charge in [-0.25, -0.2) is 0 Å². The second-order valence-corrected chi connectivity index (χ2v) is 22.4. The third-order valence-electron chi connectivity index (χ3n) is 18.4. The van der Waals surface area contributed by atoms with Crippen LogP contribution < -0.4 is 0 Å². The number of benzene rings is 5. The molecule has 3 nitrogen and oxygen atoms in total. The maximum atomic E-state index is 14.5. The molecule has 2 fully saturated rings. The molecule has 71 heavy (non-hydrogen) atoms. The number of nitrogens with zero attached hydrogens (tertiary/aromatic N) is 3. The van der Waals surface area contributed by atoms with Gasteiger partial charge in [-0.2, -0.15) is 23.7 Å². The zero-order chi connectivity index (χ0) is 48.5. The minimum Gasteiger partial charge on any atom is -0.308 e. The predicted octanol–water partition coefficient (Wildman–Crippen LogP) is 16.2. The van der Waals surface area contributed by atoms with Crippen molar-refractivity contribution in [2.45, 2.75) is 58.0 Å². The Morgan fingerprint density at radius 1 is 0.704 bits per heavy atom. The largest absolute Gasteiger partial charge is 0.417 e. The van der Waals surface area contributed by atoms with Crippen molar-refractivity contribution in [1.82, 2.24) is 4.57 Å². The van der Waals surface area contributed by atoms with Crippen LogP contribution >= 0.6 is 0 Å². The van der Waals surface area contributed by atoms with Crippen LogP contribution in [0.2, 0.25) is 0 Å². The predicted molar refractivity (Wildman–Crippen MR) is 276 cm³/mol. The number of nitriles is 2. The molecule has 6 aromatic rings. The van der Waals surface area contributed by atoms with Gasteiger partial charge < -0.3 is 4.57 Å². The first kappa shape index (κ1) is 42.5. The molecular formula is C65H50F3N3. The smallest absolute Gasteiger partial charge is 0.308 e. The van der Waals surface area contributed by atoms with Crippen LogP contribution in [0, 0.1) is 69.5 Å². The fourth-order valence-electron chi connectivity index (χ4n) is 15.0. The van der Waals surface area contributed by atoms with Crippen molar-refractivity contribution in [1.29, 1.82) is 10.5 Å². The number of para-hydroxylation sites is 1. The fourth-order valence-corrected chi connectivity index (χ4v) is 15.0. The zero-order valence-electron chi connectivity index (χ0n) is 40.0. The summed E-state index contributed by atoms with van der Waals surface area (Å²) in [7, 11) is 0. The van der Waals surface area contributed by atoms with E-state index in [1.54, 1.807) is 18.2 Å². The van der Waals surface area contributed by atoms with Crippen LogP contribution in [0.1, 0.15) is 68.7 Å². The normalized spacial score (nSPS) is 27.8. The number of allylic oxidation sites excluding steroid dienone is 16. The van der Waals surface area contributed by atoms with Crippen molar-refractivity contribution in [3.05, 3.63) is 219 Å². The number of hydrogen-bond acceptors (Lipinski definition) is 2. The highest BCUT2D eigenvalue weighted by Crippen LogP contribution is 2.67. The molecular weight excluding hydrogens is 880 g/mol. The molecule has 1 aromatic heterocycles. The Hall–Kier alpha value is -7.41. The van der Waals surface area contributed by atoms with E-state index < -0.39 is 23.6 Å². The number of fused-ring (bicyclic) bond motifs is 12. The van der Waals surface area contributed by atoms with Crippen LogP contribution in [0.4, 0.5) is 13.2 Å². The van der Waals surface area contributed by atoms with Gasteiger partial charge in [0.15, 0.2) is 0 Å². The van der Waals surface area contributed by atoms with Crippen molar-refractivity contribution >= 4 is 27.5 Å². The summed E-state index contributed by atoms with van der Waals surface area (Å²) in [6.45, 7) is 9.39. The average molecular weight is 930 g/mol. The molecule has 8 atom stereocenters. The first-order chi connectivity index (χ1) is 34.3. The summed E-state index contributed by atoms with van der Waals surface area (Å²) in [6.07, 6.45) is 15.9. The van der Waals surface area contributed by atoms with Gasteiger partial charge in [-0.3, -0.25) is 0 Å². The summed E-state index contributed by atoms with van der Waals surface area (Å²) in [5, 5.41) is 25.9. The minimum absolute atomic E-state index is 0.0121. The van der Waals surface area contributed by atoms with Crippen molar-refractivity contribution in [2.24, 2.45) is 46.8 Å². The lowest BCUT2D eigenvalue weighted by atomic mass is 9.62. The second-order valence-electron chi connectivity index (χ2n) is 22.4. The molecule has 2 saturated carbocycles. The highest BCUT2D eigenvalue weighted by molar-refractivity contribution is 6.13. The lowest BCUT2D eigenvalue weighted by Crippen LogP contribution is -2.32. The summed E-state index contributed by atoms with van der Waals surface area (Å²) in [4.78, 5) is 0. The maximum Gasteiger partial charge on any atom is 0.417 e. The number of rotatable bonds is 4. The van der Waals surface area contributed by atoms with Gasteiger partial charge >= 0.3 is 6.18 Å². The van der Waals surface area contributed by atoms with E-state index in [0.717, 1.165) is 46.3 Å². The quantitative estimate of drug-likeness (QED) is 0.177. The molecule has 0 N–H and O–H groups in total. The van der Waals surface area contributed by atoms with Gasteiger partial charge in [-0.15, -0.1) is 0 Å². The second kappa shape index (κ2) is 14.6. The Kier molecular flexibility index (Phi) is 8.72. The first-order valence-electron chi connectivity index (χ1n) is 25.2. The summed E-state index contributed by atoms with van der Waals surface area (Å²) in [6, 6.07) is 40.3. The maximum absolute atomic E-state index is 14.5. The lowest BCUT2D eigenvalue weighted by molar-refractivity contribution is -0.137. The summed E-state index contributed by atoms with van der Waals surface area (Å²) < 4.78 is 45.7. The first-order valence-corrected chi connectivity index (χ1v) is 25.2. The number of hydrogen-bond donors (Lipinski definition) is 0. The van der Waals surface area contributed by atoms with E-state index in [1.165, 1.54) is 62.3 Å². The van der Waals surface area contributed by atoms with Gasteiger partial charge in [0.05, 0.1) is 40.0 Å². The summed E-state index contributed by atoms with van der Waals surface area (Å²) in [5.74, 6) is 0.684. The monoisotopic (exact) mass is 929 g/mol. The van der Waals surface area contributed by atoms with Crippen LogP contribution in [-0.4, -0.2) is 4.57 Å². The van der Waals surface area contributed by atoms with Crippen LogP contribution in [0.3, 0.4) is 0 Å². The van der Waals surface area contributed by atoms with Crippen LogP contribution in [0.15, 0.2) is 197 Å². The van der Waals surface area contributed by atoms with Crippen LogP contribution in [0.5, 0.6) is 0 Å². The number of halogens is 3. The Morgan fingerprint density at radius 3 is 2.24 bits per heavy atom. The van der Waals surface area contributed by atoms with Crippen LogP contribution in [0.25, 0.3) is 49.8 Å². The molecule has 14 rings (SSSR count).